The Labute approximate surface area is 107 Å². The summed E-state index contributed by atoms with van der Waals surface area (Å²) in [7, 11) is 0. The van der Waals surface area contributed by atoms with Gasteiger partial charge < -0.3 is 11.5 Å². The fourth-order valence-corrected chi connectivity index (χ4v) is 3.17. The van der Waals surface area contributed by atoms with Crippen LogP contribution < -0.4 is 11.5 Å². The number of benzene rings is 1. The topological polar surface area (TPSA) is 52.0 Å². The molecule has 0 amide bonds. The van der Waals surface area contributed by atoms with Crippen LogP contribution in [0, 0.1) is 0 Å². The summed E-state index contributed by atoms with van der Waals surface area (Å²) in [5.41, 5.74) is 15.4. The maximum Gasteiger partial charge on any atom is 0.0917 e. The summed E-state index contributed by atoms with van der Waals surface area (Å²) < 4.78 is 0. The maximum atomic E-state index is 6.50. The molecule has 1 aliphatic rings. The quantitative estimate of drug-likeness (QED) is 0.636. The standard InChI is InChI=1S/C14H18N2S/c1-2-17-14(16)9-4-3-8-13(14)11-6-5-7-12(15)10-11/h3-8,10H,2,9,15-16H2,1H3. The largest absolute Gasteiger partial charge is 0.399 e. The lowest BCUT2D eigenvalue weighted by atomic mass is 9.92. The van der Waals surface area contributed by atoms with Gasteiger partial charge in [0.05, 0.1) is 4.87 Å². The summed E-state index contributed by atoms with van der Waals surface area (Å²) >= 11 is 1.78. The first kappa shape index (κ1) is 12.3. The van der Waals surface area contributed by atoms with Crippen molar-refractivity contribution in [3.8, 4) is 0 Å². The molecule has 0 radical (unpaired) electrons. The van der Waals surface area contributed by atoms with Gasteiger partial charge in [-0.3, -0.25) is 0 Å². The Hall–Kier alpha value is -1.19. The van der Waals surface area contributed by atoms with Gasteiger partial charge in [-0.1, -0.05) is 37.3 Å². The molecule has 1 atom stereocenters. The van der Waals surface area contributed by atoms with Crippen molar-refractivity contribution in [1.29, 1.82) is 0 Å². The van der Waals surface area contributed by atoms with E-state index in [1.54, 1.807) is 11.8 Å². The third kappa shape index (κ3) is 2.56. The summed E-state index contributed by atoms with van der Waals surface area (Å²) in [5, 5.41) is 0. The molecule has 1 aromatic carbocycles. The Morgan fingerprint density at radius 2 is 2.24 bits per heavy atom. The van der Waals surface area contributed by atoms with Gasteiger partial charge in [-0.15, -0.1) is 11.8 Å². The molecule has 2 rings (SSSR count). The molecule has 0 aliphatic heterocycles. The van der Waals surface area contributed by atoms with Gasteiger partial charge in [0.1, 0.15) is 0 Å². The first-order valence-electron chi connectivity index (χ1n) is 5.82. The lowest BCUT2D eigenvalue weighted by Gasteiger charge is -2.32. The van der Waals surface area contributed by atoms with E-state index in [2.05, 4.69) is 31.2 Å². The summed E-state index contributed by atoms with van der Waals surface area (Å²) in [6.07, 6.45) is 7.16. The van der Waals surface area contributed by atoms with E-state index in [0.717, 1.165) is 23.4 Å². The normalized spacial score (nSPS) is 23.5. The van der Waals surface area contributed by atoms with Gasteiger partial charge in [0.25, 0.3) is 0 Å². The van der Waals surface area contributed by atoms with Crippen molar-refractivity contribution in [3.05, 3.63) is 48.1 Å². The molecule has 4 N–H and O–H groups in total. The summed E-state index contributed by atoms with van der Waals surface area (Å²) in [4.78, 5) is -0.322. The maximum absolute atomic E-state index is 6.50. The molecule has 0 spiro atoms. The van der Waals surface area contributed by atoms with Crippen LogP contribution in [-0.2, 0) is 0 Å². The highest BCUT2D eigenvalue weighted by atomic mass is 32.2. The van der Waals surface area contributed by atoms with E-state index in [-0.39, 0.29) is 4.87 Å². The van der Waals surface area contributed by atoms with E-state index in [1.165, 1.54) is 5.57 Å². The van der Waals surface area contributed by atoms with Crippen molar-refractivity contribution in [2.45, 2.75) is 18.2 Å². The highest BCUT2D eigenvalue weighted by Gasteiger charge is 2.30. The molecule has 1 aromatic rings. The number of allylic oxidation sites excluding steroid dienone is 2. The number of hydrogen-bond acceptors (Lipinski definition) is 3. The lowest BCUT2D eigenvalue weighted by molar-refractivity contribution is 0.777. The predicted molar refractivity (Wildman–Crippen MR) is 77.6 cm³/mol. The van der Waals surface area contributed by atoms with E-state index in [0.29, 0.717) is 0 Å². The monoisotopic (exact) mass is 246 g/mol. The van der Waals surface area contributed by atoms with E-state index >= 15 is 0 Å². The minimum atomic E-state index is -0.322. The molecule has 0 fully saturated rings. The van der Waals surface area contributed by atoms with Crippen LogP contribution in [0.2, 0.25) is 0 Å². The van der Waals surface area contributed by atoms with Crippen molar-refractivity contribution in [2.24, 2.45) is 5.73 Å². The summed E-state index contributed by atoms with van der Waals surface area (Å²) in [6, 6.07) is 7.93. The van der Waals surface area contributed by atoms with Crippen LogP contribution in [0.5, 0.6) is 0 Å². The molecule has 1 aliphatic carbocycles. The van der Waals surface area contributed by atoms with E-state index in [4.69, 9.17) is 11.5 Å². The number of rotatable bonds is 3. The molecule has 2 nitrogen and oxygen atoms in total. The number of thioether (sulfide) groups is 1. The van der Waals surface area contributed by atoms with Crippen molar-refractivity contribution in [3.63, 3.8) is 0 Å². The van der Waals surface area contributed by atoms with Crippen molar-refractivity contribution in [2.75, 3.05) is 11.5 Å². The molecule has 0 saturated heterocycles. The molecule has 0 saturated carbocycles. The van der Waals surface area contributed by atoms with Gasteiger partial charge in [0, 0.05) is 5.69 Å². The second-order valence-electron chi connectivity index (χ2n) is 4.16. The first-order chi connectivity index (χ1) is 8.15. The van der Waals surface area contributed by atoms with Crippen LogP contribution in [0.15, 0.2) is 42.5 Å². The Morgan fingerprint density at radius 3 is 2.94 bits per heavy atom. The molecule has 0 heterocycles. The first-order valence-corrected chi connectivity index (χ1v) is 6.80. The van der Waals surface area contributed by atoms with Crippen LogP contribution in [0.4, 0.5) is 5.69 Å². The minimum absolute atomic E-state index is 0.322. The Kier molecular flexibility index (Phi) is 3.60. The zero-order valence-electron chi connectivity index (χ0n) is 10.0. The van der Waals surface area contributed by atoms with Crippen LogP contribution >= 0.6 is 11.8 Å². The summed E-state index contributed by atoms with van der Waals surface area (Å²) in [6.45, 7) is 2.13. The summed E-state index contributed by atoms with van der Waals surface area (Å²) in [5.74, 6) is 1.00. The van der Waals surface area contributed by atoms with Gasteiger partial charge in [-0.2, -0.15) is 0 Å². The lowest BCUT2D eigenvalue weighted by Crippen LogP contribution is -2.38. The molecule has 0 bridgehead atoms. The van der Waals surface area contributed by atoms with Crippen LogP contribution in [0.3, 0.4) is 0 Å². The van der Waals surface area contributed by atoms with Gasteiger partial charge in [-0.25, -0.2) is 0 Å². The molecular formula is C14H18N2S. The Bertz CT molecular complexity index is 465. The number of hydrogen-bond donors (Lipinski definition) is 2. The average molecular weight is 246 g/mol. The highest BCUT2D eigenvalue weighted by molar-refractivity contribution is 8.01. The van der Waals surface area contributed by atoms with E-state index in [1.807, 2.05) is 18.2 Å². The Morgan fingerprint density at radius 1 is 1.41 bits per heavy atom. The van der Waals surface area contributed by atoms with Crippen molar-refractivity contribution < 1.29 is 0 Å². The molecule has 90 valence electrons. The third-order valence-electron chi connectivity index (χ3n) is 2.88. The smallest absolute Gasteiger partial charge is 0.0917 e. The molecule has 17 heavy (non-hydrogen) atoms. The average Bonchev–Trinajstić information content (AvgIpc) is 2.29. The number of anilines is 1. The van der Waals surface area contributed by atoms with Crippen LogP contribution in [0.25, 0.3) is 5.57 Å². The number of nitrogens with two attached hydrogens (primary N) is 2. The number of nitrogen functional groups attached to an aromatic ring is 1. The molecule has 3 heteroatoms. The van der Waals surface area contributed by atoms with Gasteiger partial charge in [0.15, 0.2) is 0 Å². The minimum Gasteiger partial charge on any atom is -0.399 e. The molecular weight excluding hydrogens is 228 g/mol. The Balaban J connectivity index is 2.40. The SMILES string of the molecule is CCSC1(N)CC=CC=C1c1cccc(N)c1. The molecule has 0 aromatic heterocycles. The fraction of sp³-hybridized carbons (Fsp3) is 0.286. The van der Waals surface area contributed by atoms with Gasteiger partial charge in [0.2, 0.25) is 0 Å². The van der Waals surface area contributed by atoms with Crippen LogP contribution in [-0.4, -0.2) is 10.6 Å². The second-order valence-corrected chi connectivity index (χ2v) is 5.76. The zero-order chi connectivity index (χ0) is 12.3. The van der Waals surface area contributed by atoms with Gasteiger partial charge in [-0.05, 0) is 35.4 Å². The van der Waals surface area contributed by atoms with Crippen molar-refractivity contribution >= 4 is 23.0 Å². The van der Waals surface area contributed by atoms with Crippen molar-refractivity contribution in [1.82, 2.24) is 0 Å². The zero-order valence-corrected chi connectivity index (χ0v) is 10.8. The second kappa shape index (κ2) is 4.98. The van der Waals surface area contributed by atoms with E-state index in [9.17, 15) is 0 Å². The van der Waals surface area contributed by atoms with Crippen LogP contribution in [0.1, 0.15) is 18.9 Å². The highest BCUT2D eigenvalue weighted by Crippen LogP contribution is 2.40. The van der Waals surface area contributed by atoms with E-state index < -0.39 is 0 Å². The van der Waals surface area contributed by atoms with Gasteiger partial charge >= 0.3 is 0 Å². The predicted octanol–water partition coefficient (Wildman–Crippen LogP) is 3.02. The fourth-order valence-electron chi connectivity index (χ4n) is 2.10. The molecule has 1 unspecified atom stereocenters. The third-order valence-corrected chi connectivity index (χ3v) is 4.07.